The molecule has 1 aliphatic heterocycles. The number of likely N-dealkylation sites (tertiary alicyclic amines) is 1. The number of rotatable bonds is 8. The molecule has 1 aliphatic carbocycles. The van der Waals surface area contributed by atoms with E-state index in [1.54, 1.807) is 31.7 Å². The van der Waals surface area contributed by atoms with Crippen molar-refractivity contribution in [2.75, 3.05) is 18.4 Å². The van der Waals surface area contributed by atoms with Crippen LogP contribution in [0.4, 0.5) is 5.69 Å². The first-order chi connectivity index (χ1) is 19.4. The molecular formula is C31H38N6O3. The quantitative estimate of drug-likeness (QED) is 0.443. The summed E-state index contributed by atoms with van der Waals surface area (Å²) in [6, 6.07) is 10.6. The molecule has 0 unspecified atom stereocenters. The molecule has 2 aromatic heterocycles. The van der Waals surface area contributed by atoms with E-state index in [1.807, 2.05) is 35.2 Å². The van der Waals surface area contributed by atoms with Crippen molar-refractivity contribution in [3.8, 4) is 11.1 Å². The number of carbonyl (C=O) groups is 3. The Balaban J connectivity index is 1.29. The molecule has 1 saturated heterocycles. The van der Waals surface area contributed by atoms with Gasteiger partial charge in [-0.15, -0.1) is 0 Å². The lowest BCUT2D eigenvalue weighted by Gasteiger charge is -2.32. The monoisotopic (exact) mass is 542 g/mol. The predicted molar refractivity (Wildman–Crippen MR) is 153 cm³/mol. The first-order valence-electron chi connectivity index (χ1n) is 14.3. The van der Waals surface area contributed by atoms with Crippen molar-refractivity contribution in [3.63, 3.8) is 0 Å². The van der Waals surface area contributed by atoms with Crippen molar-refractivity contribution in [1.29, 1.82) is 0 Å². The fourth-order valence-corrected chi connectivity index (χ4v) is 5.87. The van der Waals surface area contributed by atoms with Crippen LogP contribution in [0.2, 0.25) is 0 Å². The lowest BCUT2D eigenvalue weighted by Crippen LogP contribution is -2.49. The number of pyridine rings is 1. The third kappa shape index (κ3) is 6.41. The van der Waals surface area contributed by atoms with Crippen LogP contribution in [0.3, 0.4) is 0 Å². The molecular weight excluding hydrogens is 504 g/mol. The van der Waals surface area contributed by atoms with Crippen molar-refractivity contribution in [2.24, 2.45) is 18.9 Å². The van der Waals surface area contributed by atoms with Crippen LogP contribution in [-0.2, 0) is 23.1 Å². The standard InChI is InChI=1S/C31H38N6O3/c1-21-5-7-23(8-6-21)29(35-30(39)27-14-16-33-36(27)2)31(40)34-25-11-9-22(10-12-25)26-13-15-32-20-24(26)19-28(38)37-17-3-4-18-37/h9-16,20-21,23,29H,3-8,17-19H2,1-2H3,(H,34,40)(H,35,39)/t21-,23-,29-/m0/s1. The van der Waals surface area contributed by atoms with Crippen LogP contribution >= 0.6 is 0 Å². The molecule has 3 amide bonds. The summed E-state index contributed by atoms with van der Waals surface area (Å²) in [6.07, 6.45) is 11.4. The van der Waals surface area contributed by atoms with Crippen LogP contribution in [0.5, 0.6) is 0 Å². The van der Waals surface area contributed by atoms with Gasteiger partial charge >= 0.3 is 0 Å². The Hall–Kier alpha value is -4.01. The van der Waals surface area contributed by atoms with E-state index in [-0.39, 0.29) is 23.6 Å². The van der Waals surface area contributed by atoms with Crippen molar-refractivity contribution < 1.29 is 14.4 Å². The number of aryl methyl sites for hydroxylation is 1. The average molecular weight is 543 g/mol. The first-order valence-corrected chi connectivity index (χ1v) is 14.3. The summed E-state index contributed by atoms with van der Waals surface area (Å²) in [5.74, 6) is 0.308. The molecule has 40 heavy (non-hydrogen) atoms. The summed E-state index contributed by atoms with van der Waals surface area (Å²) in [5.41, 5.74) is 3.87. The van der Waals surface area contributed by atoms with Gasteiger partial charge in [0.25, 0.3) is 5.91 Å². The van der Waals surface area contributed by atoms with E-state index in [2.05, 4.69) is 27.6 Å². The lowest BCUT2D eigenvalue weighted by atomic mass is 9.79. The highest BCUT2D eigenvalue weighted by molar-refractivity contribution is 6.00. The normalized spacial score (nSPS) is 19.7. The summed E-state index contributed by atoms with van der Waals surface area (Å²) in [7, 11) is 1.71. The van der Waals surface area contributed by atoms with Gasteiger partial charge in [-0.25, -0.2) is 0 Å². The van der Waals surface area contributed by atoms with Crippen LogP contribution in [-0.4, -0.2) is 56.5 Å². The number of hydrogen-bond donors (Lipinski definition) is 2. The van der Waals surface area contributed by atoms with E-state index in [0.717, 1.165) is 68.3 Å². The van der Waals surface area contributed by atoms with E-state index < -0.39 is 6.04 Å². The fourth-order valence-electron chi connectivity index (χ4n) is 5.87. The van der Waals surface area contributed by atoms with Gasteiger partial charge in [0.2, 0.25) is 11.8 Å². The molecule has 0 spiro atoms. The minimum Gasteiger partial charge on any atom is -0.342 e. The van der Waals surface area contributed by atoms with E-state index in [9.17, 15) is 14.4 Å². The molecule has 1 atom stereocenters. The molecule has 0 radical (unpaired) electrons. The maximum Gasteiger partial charge on any atom is 0.270 e. The van der Waals surface area contributed by atoms with Crippen LogP contribution in [0.15, 0.2) is 55.0 Å². The number of nitrogens with one attached hydrogen (secondary N) is 2. The number of anilines is 1. The highest BCUT2D eigenvalue weighted by Gasteiger charge is 2.33. The van der Waals surface area contributed by atoms with Gasteiger partial charge in [0, 0.05) is 44.4 Å². The molecule has 0 bridgehead atoms. The van der Waals surface area contributed by atoms with E-state index in [1.165, 1.54) is 4.68 Å². The van der Waals surface area contributed by atoms with Gasteiger partial charge in [-0.05, 0) is 78.5 Å². The molecule has 3 heterocycles. The molecule has 9 heteroatoms. The zero-order chi connectivity index (χ0) is 28.1. The topological polar surface area (TPSA) is 109 Å². The summed E-state index contributed by atoms with van der Waals surface area (Å²) >= 11 is 0. The molecule has 9 nitrogen and oxygen atoms in total. The molecule has 5 rings (SSSR count). The average Bonchev–Trinajstić information content (AvgIpc) is 3.65. The maximum absolute atomic E-state index is 13.5. The third-order valence-electron chi connectivity index (χ3n) is 8.32. The lowest BCUT2D eigenvalue weighted by molar-refractivity contribution is -0.129. The Morgan fingerprint density at radius 2 is 1.70 bits per heavy atom. The Labute approximate surface area is 235 Å². The summed E-state index contributed by atoms with van der Waals surface area (Å²) in [6.45, 7) is 3.88. The fraction of sp³-hybridized carbons (Fsp3) is 0.452. The zero-order valence-electron chi connectivity index (χ0n) is 23.3. The van der Waals surface area contributed by atoms with Crippen molar-refractivity contribution in [3.05, 3.63) is 66.2 Å². The molecule has 2 fully saturated rings. The van der Waals surface area contributed by atoms with Gasteiger partial charge < -0.3 is 15.5 Å². The van der Waals surface area contributed by atoms with Crippen LogP contribution in [0.25, 0.3) is 11.1 Å². The molecule has 1 aromatic carbocycles. The maximum atomic E-state index is 13.5. The number of nitrogens with zero attached hydrogens (tertiary/aromatic N) is 4. The summed E-state index contributed by atoms with van der Waals surface area (Å²) < 4.78 is 1.51. The van der Waals surface area contributed by atoms with Crippen LogP contribution in [0.1, 0.15) is 61.5 Å². The largest absolute Gasteiger partial charge is 0.342 e. The van der Waals surface area contributed by atoms with Gasteiger partial charge in [0.1, 0.15) is 11.7 Å². The molecule has 2 N–H and O–H groups in total. The van der Waals surface area contributed by atoms with Crippen molar-refractivity contribution in [2.45, 2.75) is 57.9 Å². The van der Waals surface area contributed by atoms with Crippen LogP contribution < -0.4 is 10.6 Å². The van der Waals surface area contributed by atoms with Gasteiger partial charge in [-0.1, -0.05) is 31.9 Å². The van der Waals surface area contributed by atoms with Gasteiger partial charge in [0.15, 0.2) is 0 Å². The SMILES string of the molecule is Cn1nccc1C(=O)N[C@H](C(=O)Nc1ccc(-c2ccncc2CC(=O)N2CCCC2)cc1)[C@H]1CC[C@H](C)CC1. The smallest absolute Gasteiger partial charge is 0.270 e. The second-order valence-electron chi connectivity index (χ2n) is 11.2. The van der Waals surface area contributed by atoms with Crippen molar-refractivity contribution in [1.82, 2.24) is 25.0 Å². The second-order valence-corrected chi connectivity index (χ2v) is 11.2. The number of benzene rings is 1. The molecule has 210 valence electrons. The summed E-state index contributed by atoms with van der Waals surface area (Å²) in [5, 5.41) is 10.1. The van der Waals surface area contributed by atoms with Gasteiger partial charge in [-0.3, -0.25) is 24.0 Å². The van der Waals surface area contributed by atoms with E-state index in [0.29, 0.717) is 23.7 Å². The van der Waals surface area contributed by atoms with E-state index >= 15 is 0 Å². The molecule has 2 aliphatic rings. The number of amides is 3. The minimum atomic E-state index is -0.641. The van der Waals surface area contributed by atoms with Gasteiger partial charge in [-0.2, -0.15) is 5.10 Å². The Morgan fingerprint density at radius 3 is 2.38 bits per heavy atom. The number of hydrogen-bond acceptors (Lipinski definition) is 5. The Kier molecular flexibility index (Phi) is 8.57. The first kappa shape index (κ1) is 27.6. The highest BCUT2D eigenvalue weighted by Crippen LogP contribution is 2.31. The number of carbonyl (C=O) groups excluding carboxylic acids is 3. The minimum absolute atomic E-state index is 0.0696. The summed E-state index contributed by atoms with van der Waals surface area (Å²) in [4.78, 5) is 45.5. The highest BCUT2D eigenvalue weighted by atomic mass is 16.2. The Bertz CT molecular complexity index is 1340. The molecule has 3 aromatic rings. The van der Waals surface area contributed by atoms with Crippen LogP contribution in [0, 0.1) is 11.8 Å². The second kappa shape index (κ2) is 12.4. The number of aromatic nitrogens is 3. The van der Waals surface area contributed by atoms with E-state index in [4.69, 9.17) is 0 Å². The molecule has 1 saturated carbocycles. The predicted octanol–water partition coefficient (Wildman–Crippen LogP) is 4.21. The van der Waals surface area contributed by atoms with Crippen molar-refractivity contribution >= 4 is 23.4 Å². The zero-order valence-corrected chi connectivity index (χ0v) is 23.3. The third-order valence-corrected chi connectivity index (χ3v) is 8.32. The van der Waals surface area contributed by atoms with Gasteiger partial charge in [0.05, 0.1) is 6.42 Å². The Morgan fingerprint density at radius 1 is 0.975 bits per heavy atom.